The van der Waals surface area contributed by atoms with Gasteiger partial charge in [-0.1, -0.05) is 133 Å². The van der Waals surface area contributed by atoms with E-state index in [-0.39, 0.29) is 0 Å². The molecule has 11 aromatic rings. The highest BCUT2D eigenvalue weighted by molar-refractivity contribution is 6.18. The van der Waals surface area contributed by atoms with Crippen molar-refractivity contribution in [2.75, 3.05) is 9.80 Å². The van der Waals surface area contributed by atoms with Crippen molar-refractivity contribution >= 4 is 77.7 Å². The van der Waals surface area contributed by atoms with Crippen LogP contribution in [0.2, 0.25) is 0 Å². The molecule has 4 nitrogen and oxygen atoms in total. The maximum absolute atomic E-state index is 2.46. The molecule has 0 aliphatic rings. The van der Waals surface area contributed by atoms with E-state index in [0.29, 0.717) is 0 Å². The van der Waals surface area contributed by atoms with Crippen LogP contribution in [0.25, 0.3) is 55.0 Å². The number of anilines is 6. The molecule has 0 amide bonds. The Kier molecular flexibility index (Phi) is 8.11. The Hall–Kier alpha value is -7.82. The van der Waals surface area contributed by atoms with Gasteiger partial charge < -0.3 is 18.9 Å². The lowest BCUT2D eigenvalue weighted by molar-refractivity contribution is 1.15. The molecule has 2 aromatic heterocycles. The van der Waals surface area contributed by atoms with Gasteiger partial charge in [-0.05, 0) is 97.1 Å². The first-order valence-corrected chi connectivity index (χ1v) is 19.8. The molecular weight excluding hydrogens is 705 g/mol. The van der Waals surface area contributed by atoms with Crippen LogP contribution in [0.3, 0.4) is 0 Å². The Morgan fingerprint density at radius 1 is 0.259 bits per heavy atom. The molecular formula is C54H38N4. The highest BCUT2D eigenvalue weighted by Crippen LogP contribution is 2.48. The van der Waals surface area contributed by atoms with Crippen LogP contribution in [0.15, 0.2) is 231 Å². The van der Waals surface area contributed by atoms with Gasteiger partial charge in [0.25, 0.3) is 0 Å². The van der Waals surface area contributed by atoms with E-state index in [2.05, 4.69) is 249 Å². The highest BCUT2D eigenvalue weighted by Gasteiger charge is 2.25. The molecule has 0 atom stereocenters. The maximum Gasteiger partial charge on any atom is 0.0583 e. The fraction of sp³-hybridized carbons (Fsp3) is 0. The lowest BCUT2D eigenvalue weighted by Crippen LogP contribution is -2.14. The van der Waals surface area contributed by atoms with E-state index < -0.39 is 0 Å². The molecule has 11 rings (SSSR count). The number of nitrogens with zero attached hydrogens (tertiary/aromatic N) is 4. The van der Waals surface area contributed by atoms with Crippen molar-refractivity contribution in [2.45, 2.75) is 0 Å². The van der Waals surface area contributed by atoms with E-state index in [1.807, 2.05) is 0 Å². The summed E-state index contributed by atoms with van der Waals surface area (Å²) >= 11 is 0. The molecule has 274 valence electrons. The highest BCUT2D eigenvalue weighted by atomic mass is 15.2. The molecule has 0 bridgehead atoms. The minimum Gasteiger partial charge on any atom is -0.310 e. The molecule has 0 saturated heterocycles. The zero-order valence-electron chi connectivity index (χ0n) is 31.7. The zero-order chi connectivity index (χ0) is 38.4. The molecule has 0 aliphatic carbocycles. The van der Waals surface area contributed by atoms with Crippen molar-refractivity contribution in [3.63, 3.8) is 0 Å². The monoisotopic (exact) mass is 742 g/mol. The summed E-state index contributed by atoms with van der Waals surface area (Å²) < 4.78 is 4.87. The average molecular weight is 743 g/mol. The first kappa shape index (κ1) is 33.5. The van der Waals surface area contributed by atoms with Crippen molar-refractivity contribution in [1.29, 1.82) is 0 Å². The van der Waals surface area contributed by atoms with Gasteiger partial charge in [-0.15, -0.1) is 0 Å². The molecule has 4 heteroatoms. The van der Waals surface area contributed by atoms with Gasteiger partial charge >= 0.3 is 0 Å². The average Bonchev–Trinajstić information content (AvgIpc) is 3.81. The number of hydrogen-bond acceptors (Lipinski definition) is 2. The van der Waals surface area contributed by atoms with Gasteiger partial charge in [0.15, 0.2) is 0 Å². The lowest BCUT2D eigenvalue weighted by Gasteiger charge is -2.30. The van der Waals surface area contributed by atoms with Gasteiger partial charge in [0.05, 0.1) is 33.4 Å². The Morgan fingerprint density at radius 3 is 1.26 bits per heavy atom. The van der Waals surface area contributed by atoms with Crippen molar-refractivity contribution in [3.8, 4) is 11.4 Å². The van der Waals surface area contributed by atoms with E-state index in [9.17, 15) is 0 Å². The van der Waals surface area contributed by atoms with Crippen molar-refractivity contribution < 1.29 is 0 Å². The topological polar surface area (TPSA) is 16.3 Å². The van der Waals surface area contributed by atoms with E-state index in [1.54, 1.807) is 0 Å². The second-order valence-electron chi connectivity index (χ2n) is 14.6. The second kappa shape index (κ2) is 14.0. The molecule has 0 fully saturated rings. The largest absolute Gasteiger partial charge is 0.310 e. The van der Waals surface area contributed by atoms with Crippen LogP contribution in [0.4, 0.5) is 34.1 Å². The Balaban J connectivity index is 1.28. The Labute approximate surface area is 337 Å². The van der Waals surface area contributed by atoms with Crippen molar-refractivity contribution in [1.82, 2.24) is 9.13 Å². The minimum absolute atomic E-state index is 1.06. The summed E-state index contributed by atoms with van der Waals surface area (Å²) in [7, 11) is 0. The fourth-order valence-electron chi connectivity index (χ4n) is 8.78. The third kappa shape index (κ3) is 5.54. The molecule has 0 saturated carbocycles. The summed E-state index contributed by atoms with van der Waals surface area (Å²) in [6.07, 6.45) is 0. The molecule has 0 aliphatic heterocycles. The van der Waals surface area contributed by atoms with Gasteiger partial charge in [-0.2, -0.15) is 0 Å². The fourth-order valence-corrected chi connectivity index (χ4v) is 8.78. The number of rotatable bonds is 8. The van der Waals surface area contributed by atoms with Gasteiger partial charge in [-0.25, -0.2) is 0 Å². The molecule has 0 spiro atoms. The summed E-state index contributed by atoms with van der Waals surface area (Å²) in [5.41, 5.74) is 13.3. The standard InChI is InChI=1S/C54H38N4/c1-6-20-39(21-7-1)55(40-22-8-2-9-23-40)45-37-52(56(41-24-10-3-11-25-41)42-26-12-4-13-27-42)54-48-31-17-19-33-50(48)58(53(54)38-45)44-34-35-47-46-30-16-18-32-49(46)57(51(47)36-44)43-28-14-5-15-29-43/h1-38H. The maximum atomic E-state index is 2.46. The molecule has 58 heavy (non-hydrogen) atoms. The van der Waals surface area contributed by atoms with Gasteiger partial charge in [0.2, 0.25) is 0 Å². The van der Waals surface area contributed by atoms with Crippen LogP contribution < -0.4 is 9.80 Å². The van der Waals surface area contributed by atoms with Crippen LogP contribution in [0.5, 0.6) is 0 Å². The summed E-state index contributed by atoms with van der Waals surface area (Å²) in [5.74, 6) is 0. The number of aromatic nitrogens is 2. The number of benzene rings is 9. The summed E-state index contributed by atoms with van der Waals surface area (Å²) in [6, 6.07) is 82.9. The van der Waals surface area contributed by atoms with Crippen LogP contribution in [-0.4, -0.2) is 9.13 Å². The van der Waals surface area contributed by atoms with E-state index in [4.69, 9.17) is 0 Å². The number of para-hydroxylation sites is 7. The third-order valence-electron chi connectivity index (χ3n) is 11.2. The summed E-state index contributed by atoms with van der Waals surface area (Å²) in [4.78, 5) is 4.78. The Morgan fingerprint density at radius 2 is 0.690 bits per heavy atom. The number of fused-ring (bicyclic) bond motifs is 6. The predicted molar refractivity (Wildman–Crippen MR) is 244 cm³/mol. The van der Waals surface area contributed by atoms with Crippen molar-refractivity contribution in [3.05, 3.63) is 231 Å². The van der Waals surface area contributed by atoms with Gasteiger partial charge in [-0.3, -0.25) is 0 Å². The molecule has 0 radical (unpaired) electrons. The second-order valence-corrected chi connectivity index (χ2v) is 14.6. The van der Waals surface area contributed by atoms with Gasteiger partial charge in [0, 0.05) is 55.7 Å². The third-order valence-corrected chi connectivity index (χ3v) is 11.2. The summed E-state index contributed by atoms with van der Waals surface area (Å²) in [5, 5.41) is 4.83. The van der Waals surface area contributed by atoms with E-state index in [0.717, 1.165) is 62.0 Å². The molecule has 9 aromatic carbocycles. The SMILES string of the molecule is c1ccc(N(c2ccccc2)c2cc(N(c3ccccc3)c3ccccc3)c3c4ccccc4n(-c4ccc5c6ccccc6n(-c6ccccc6)c5c4)c3c2)cc1. The molecule has 0 unspecified atom stereocenters. The summed E-state index contributed by atoms with van der Waals surface area (Å²) in [6.45, 7) is 0. The van der Waals surface area contributed by atoms with Crippen LogP contribution >= 0.6 is 0 Å². The number of hydrogen-bond donors (Lipinski definition) is 0. The first-order chi connectivity index (χ1) is 28.8. The smallest absolute Gasteiger partial charge is 0.0583 e. The predicted octanol–water partition coefficient (Wildman–Crippen LogP) is 14.8. The zero-order valence-corrected chi connectivity index (χ0v) is 31.7. The lowest BCUT2D eigenvalue weighted by atomic mass is 10.1. The minimum atomic E-state index is 1.06. The first-order valence-electron chi connectivity index (χ1n) is 19.8. The van der Waals surface area contributed by atoms with Crippen LogP contribution in [0, 0.1) is 0 Å². The van der Waals surface area contributed by atoms with E-state index in [1.165, 1.54) is 27.1 Å². The molecule has 0 N–H and O–H groups in total. The Bertz CT molecular complexity index is 3130. The van der Waals surface area contributed by atoms with E-state index >= 15 is 0 Å². The normalized spacial score (nSPS) is 11.4. The van der Waals surface area contributed by atoms with Crippen LogP contribution in [-0.2, 0) is 0 Å². The molecule has 2 heterocycles. The van der Waals surface area contributed by atoms with Crippen LogP contribution in [0.1, 0.15) is 0 Å². The quantitative estimate of drug-likeness (QED) is 0.154. The van der Waals surface area contributed by atoms with Gasteiger partial charge in [0.1, 0.15) is 0 Å². The van der Waals surface area contributed by atoms with Crippen molar-refractivity contribution in [2.24, 2.45) is 0 Å².